The summed E-state index contributed by atoms with van der Waals surface area (Å²) in [6, 6.07) is 18.0. The largest absolute Gasteiger partial charge is 0.497 e. The Morgan fingerprint density at radius 1 is 0.846 bits per heavy atom. The number of unbranched alkanes of at least 4 members (excludes halogenated alkanes) is 1. The third kappa shape index (κ3) is 8.89. The molecule has 0 aliphatic carbocycles. The zero-order chi connectivity index (χ0) is 28.0. The van der Waals surface area contributed by atoms with E-state index in [0.29, 0.717) is 40.5 Å². The molecule has 0 spiro atoms. The first-order valence-electron chi connectivity index (χ1n) is 12.3. The minimum Gasteiger partial charge on any atom is -0.497 e. The molecule has 0 fully saturated rings. The van der Waals surface area contributed by atoms with Crippen LogP contribution in [0.2, 0.25) is 0 Å². The maximum atomic E-state index is 12.6. The molecule has 0 radical (unpaired) electrons. The average molecular weight is 534 g/mol. The number of methoxy groups -OCH3 is 2. The molecule has 204 valence electrons. The number of carbonyl (C=O) groups excluding carboxylic acids is 3. The molecule has 2 amide bonds. The van der Waals surface area contributed by atoms with Crippen LogP contribution in [0.25, 0.3) is 0 Å². The number of benzene rings is 3. The van der Waals surface area contributed by atoms with Crippen LogP contribution in [-0.2, 0) is 4.79 Å². The highest BCUT2D eigenvalue weighted by atomic mass is 16.6. The smallest absolute Gasteiger partial charge is 0.343 e. The number of rotatable bonds is 13. The van der Waals surface area contributed by atoms with Gasteiger partial charge < -0.3 is 24.3 Å². The SMILES string of the molecule is CCCCOc1ccc(C(=O)Oc2ccc(C=NNC(=O)CNC(=O)c3ccc(OC)cc3)cc2OC)cc1. The van der Waals surface area contributed by atoms with Crippen molar-refractivity contribution in [1.29, 1.82) is 0 Å². The minimum absolute atomic E-state index is 0.230. The topological polar surface area (TPSA) is 125 Å². The molecule has 0 aliphatic rings. The van der Waals surface area contributed by atoms with Crippen LogP contribution < -0.4 is 29.7 Å². The van der Waals surface area contributed by atoms with Crippen molar-refractivity contribution in [1.82, 2.24) is 10.7 Å². The van der Waals surface area contributed by atoms with Crippen molar-refractivity contribution >= 4 is 24.0 Å². The van der Waals surface area contributed by atoms with Crippen LogP contribution in [0.15, 0.2) is 71.8 Å². The molecule has 0 atom stereocenters. The summed E-state index contributed by atoms with van der Waals surface area (Å²) in [6.07, 6.45) is 3.39. The fraction of sp³-hybridized carbons (Fsp3) is 0.241. The van der Waals surface area contributed by atoms with Gasteiger partial charge in [0.05, 0.1) is 39.1 Å². The van der Waals surface area contributed by atoms with E-state index in [1.807, 2.05) is 0 Å². The van der Waals surface area contributed by atoms with E-state index in [0.717, 1.165) is 12.8 Å². The lowest BCUT2D eigenvalue weighted by Gasteiger charge is -2.10. The number of hydrogen-bond acceptors (Lipinski definition) is 8. The zero-order valence-electron chi connectivity index (χ0n) is 22.1. The van der Waals surface area contributed by atoms with E-state index in [1.54, 1.807) is 66.7 Å². The van der Waals surface area contributed by atoms with Gasteiger partial charge >= 0.3 is 5.97 Å². The van der Waals surface area contributed by atoms with Gasteiger partial charge in [-0.3, -0.25) is 9.59 Å². The molecular weight excluding hydrogens is 502 g/mol. The van der Waals surface area contributed by atoms with Gasteiger partial charge in [0.25, 0.3) is 11.8 Å². The first-order chi connectivity index (χ1) is 18.9. The Labute approximate surface area is 226 Å². The second-order valence-corrected chi connectivity index (χ2v) is 8.23. The molecule has 0 aliphatic heterocycles. The number of hydrogen-bond donors (Lipinski definition) is 2. The summed E-state index contributed by atoms with van der Waals surface area (Å²) in [5, 5.41) is 6.41. The van der Waals surface area contributed by atoms with Gasteiger partial charge in [-0.1, -0.05) is 13.3 Å². The number of ether oxygens (including phenoxy) is 4. The summed E-state index contributed by atoms with van der Waals surface area (Å²) in [5.41, 5.74) is 3.69. The Morgan fingerprint density at radius 3 is 2.21 bits per heavy atom. The molecule has 0 unspecified atom stereocenters. The molecule has 0 aromatic heterocycles. The van der Waals surface area contributed by atoms with Gasteiger partial charge in [-0.2, -0.15) is 5.10 Å². The maximum Gasteiger partial charge on any atom is 0.343 e. The first-order valence-corrected chi connectivity index (χ1v) is 12.3. The number of esters is 1. The molecule has 39 heavy (non-hydrogen) atoms. The number of nitrogens with one attached hydrogen (secondary N) is 2. The summed E-state index contributed by atoms with van der Waals surface area (Å²) in [5.74, 6) is 0.403. The Bertz CT molecular complexity index is 1290. The van der Waals surface area contributed by atoms with E-state index in [2.05, 4.69) is 22.8 Å². The second-order valence-electron chi connectivity index (χ2n) is 8.23. The predicted octanol–water partition coefficient (Wildman–Crippen LogP) is 3.98. The molecule has 0 saturated carbocycles. The third-order valence-corrected chi connectivity index (χ3v) is 5.41. The lowest BCUT2D eigenvalue weighted by molar-refractivity contribution is -0.120. The summed E-state index contributed by atoms with van der Waals surface area (Å²) < 4.78 is 21.5. The fourth-order valence-corrected chi connectivity index (χ4v) is 3.25. The maximum absolute atomic E-state index is 12.6. The standard InChI is InChI=1S/C29H31N3O7/c1-4-5-16-38-24-13-9-22(10-14-24)29(35)39-25-15-6-20(17-26(25)37-3)18-31-32-27(33)19-30-28(34)21-7-11-23(36-2)12-8-21/h6-15,17-18H,4-5,16,19H2,1-3H3,(H,30,34)(H,32,33). The molecule has 2 N–H and O–H groups in total. The Balaban J connectivity index is 1.50. The third-order valence-electron chi connectivity index (χ3n) is 5.41. The summed E-state index contributed by atoms with van der Waals surface area (Å²) in [4.78, 5) is 36.8. The van der Waals surface area contributed by atoms with Crippen LogP contribution in [-0.4, -0.2) is 51.4 Å². The van der Waals surface area contributed by atoms with Crippen LogP contribution in [0, 0.1) is 0 Å². The molecule has 3 aromatic rings. The number of nitrogens with zero attached hydrogens (tertiary/aromatic N) is 1. The number of hydrazone groups is 1. The molecule has 0 saturated heterocycles. The lowest BCUT2D eigenvalue weighted by Crippen LogP contribution is -2.34. The highest BCUT2D eigenvalue weighted by molar-refractivity contribution is 5.96. The van der Waals surface area contributed by atoms with Gasteiger partial charge in [0.2, 0.25) is 0 Å². The summed E-state index contributed by atoms with van der Waals surface area (Å²) in [7, 11) is 2.98. The lowest BCUT2D eigenvalue weighted by atomic mass is 10.2. The highest BCUT2D eigenvalue weighted by Crippen LogP contribution is 2.28. The quantitative estimate of drug-likeness (QED) is 0.112. The molecule has 10 nitrogen and oxygen atoms in total. The highest BCUT2D eigenvalue weighted by Gasteiger charge is 2.13. The van der Waals surface area contributed by atoms with E-state index < -0.39 is 17.8 Å². The van der Waals surface area contributed by atoms with Gasteiger partial charge in [0, 0.05) is 5.56 Å². The van der Waals surface area contributed by atoms with Crippen LogP contribution in [0.4, 0.5) is 0 Å². The molecule has 0 heterocycles. The molecule has 10 heteroatoms. The minimum atomic E-state index is -0.543. The number of carbonyl (C=O) groups is 3. The molecular formula is C29H31N3O7. The Morgan fingerprint density at radius 2 is 1.54 bits per heavy atom. The van der Waals surface area contributed by atoms with Crippen LogP contribution in [0.1, 0.15) is 46.0 Å². The normalized spacial score (nSPS) is 10.5. The van der Waals surface area contributed by atoms with Gasteiger partial charge in [-0.05, 0) is 78.7 Å². The van der Waals surface area contributed by atoms with E-state index in [-0.39, 0.29) is 12.3 Å². The summed E-state index contributed by atoms with van der Waals surface area (Å²) >= 11 is 0. The van der Waals surface area contributed by atoms with Crippen LogP contribution in [0.5, 0.6) is 23.0 Å². The Hall–Kier alpha value is -4.86. The van der Waals surface area contributed by atoms with Crippen molar-refractivity contribution in [3.8, 4) is 23.0 Å². The summed E-state index contributed by atoms with van der Waals surface area (Å²) in [6.45, 7) is 2.45. The predicted molar refractivity (Wildman–Crippen MR) is 146 cm³/mol. The Kier molecular flexibility index (Phi) is 10.9. The van der Waals surface area contributed by atoms with Crippen molar-refractivity contribution in [2.24, 2.45) is 5.10 Å². The average Bonchev–Trinajstić information content (AvgIpc) is 2.97. The van der Waals surface area contributed by atoms with Gasteiger partial charge in [-0.25, -0.2) is 10.2 Å². The van der Waals surface area contributed by atoms with Crippen molar-refractivity contribution in [3.05, 3.63) is 83.4 Å². The van der Waals surface area contributed by atoms with E-state index in [4.69, 9.17) is 18.9 Å². The van der Waals surface area contributed by atoms with Gasteiger partial charge in [0.15, 0.2) is 11.5 Å². The molecule has 3 rings (SSSR count). The number of amides is 2. The first kappa shape index (κ1) is 28.7. The van der Waals surface area contributed by atoms with Crippen molar-refractivity contribution in [3.63, 3.8) is 0 Å². The van der Waals surface area contributed by atoms with E-state index >= 15 is 0 Å². The second kappa shape index (κ2) is 14.8. The molecule has 3 aromatic carbocycles. The van der Waals surface area contributed by atoms with E-state index in [9.17, 15) is 14.4 Å². The van der Waals surface area contributed by atoms with Gasteiger partial charge in [-0.15, -0.1) is 0 Å². The monoisotopic (exact) mass is 533 g/mol. The van der Waals surface area contributed by atoms with Crippen molar-refractivity contribution < 1.29 is 33.3 Å². The van der Waals surface area contributed by atoms with Crippen LogP contribution >= 0.6 is 0 Å². The van der Waals surface area contributed by atoms with E-state index in [1.165, 1.54) is 20.4 Å². The van der Waals surface area contributed by atoms with Crippen molar-refractivity contribution in [2.45, 2.75) is 19.8 Å². The van der Waals surface area contributed by atoms with Crippen molar-refractivity contribution in [2.75, 3.05) is 27.4 Å². The molecule has 0 bridgehead atoms. The van der Waals surface area contributed by atoms with Crippen LogP contribution in [0.3, 0.4) is 0 Å². The zero-order valence-corrected chi connectivity index (χ0v) is 22.1. The van der Waals surface area contributed by atoms with Gasteiger partial charge in [0.1, 0.15) is 11.5 Å². The fourth-order valence-electron chi connectivity index (χ4n) is 3.25.